The van der Waals surface area contributed by atoms with Gasteiger partial charge in [-0.25, -0.2) is 4.98 Å². The second kappa shape index (κ2) is 6.63. The third-order valence-corrected chi connectivity index (χ3v) is 4.52. The lowest BCUT2D eigenvalue weighted by Gasteiger charge is -2.34. The summed E-state index contributed by atoms with van der Waals surface area (Å²) in [7, 11) is 0. The number of piperidine rings is 1. The molecule has 1 aliphatic heterocycles. The van der Waals surface area contributed by atoms with Crippen molar-refractivity contribution < 1.29 is 4.42 Å². The van der Waals surface area contributed by atoms with E-state index in [0.717, 1.165) is 30.9 Å². The third-order valence-electron chi connectivity index (χ3n) is 4.52. The minimum absolute atomic E-state index is 0.267. The van der Waals surface area contributed by atoms with Crippen LogP contribution in [0.15, 0.2) is 34.9 Å². The molecule has 4 nitrogen and oxygen atoms in total. The Morgan fingerprint density at radius 2 is 2.14 bits per heavy atom. The van der Waals surface area contributed by atoms with Crippen molar-refractivity contribution in [3.63, 3.8) is 0 Å². The van der Waals surface area contributed by atoms with Crippen LogP contribution in [0, 0.1) is 12.8 Å². The van der Waals surface area contributed by atoms with Crippen LogP contribution in [0.25, 0.3) is 11.5 Å². The molecule has 0 aliphatic carbocycles. The first-order valence-corrected chi connectivity index (χ1v) is 8.11. The van der Waals surface area contributed by atoms with Gasteiger partial charge in [-0.05, 0) is 51.3 Å². The van der Waals surface area contributed by atoms with Crippen LogP contribution in [-0.4, -0.2) is 29.0 Å². The molecule has 1 aromatic carbocycles. The third kappa shape index (κ3) is 3.57. The van der Waals surface area contributed by atoms with Crippen molar-refractivity contribution in [3.05, 3.63) is 41.8 Å². The molecular weight excluding hydrogens is 274 g/mol. The lowest BCUT2D eigenvalue weighted by Crippen LogP contribution is -2.41. The largest absolute Gasteiger partial charge is 0.444 e. The number of hydrogen-bond acceptors (Lipinski definition) is 4. The second-order valence-electron chi connectivity index (χ2n) is 6.51. The summed E-state index contributed by atoms with van der Waals surface area (Å²) in [6.45, 7) is 7.22. The number of nitrogens with two attached hydrogens (primary N) is 1. The van der Waals surface area contributed by atoms with Crippen molar-refractivity contribution in [1.29, 1.82) is 0 Å². The Labute approximate surface area is 132 Å². The first kappa shape index (κ1) is 15.3. The highest BCUT2D eigenvalue weighted by atomic mass is 16.3. The molecular formula is C18H25N3O. The van der Waals surface area contributed by atoms with Gasteiger partial charge in [-0.2, -0.15) is 0 Å². The van der Waals surface area contributed by atoms with Gasteiger partial charge in [0.1, 0.15) is 6.26 Å². The van der Waals surface area contributed by atoms with E-state index in [4.69, 9.17) is 10.2 Å². The van der Waals surface area contributed by atoms with Gasteiger partial charge in [0.2, 0.25) is 5.89 Å². The number of oxazole rings is 1. The van der Waals surface area contributed by atoms with Crippen molar-refractivity contribution in [3.8, 4) is 11.5 Å². The fourth-order valence-electron chi connectivity index (χ4n) is 3.10. The van der Waals surface area contributed by atoms with Crippen LogP contribution in [0.2, 0.25) is 0 Å². The molecule has 118 valence electrons. The van der Waals surface area contributed by atoms with Gasteiger partial charge in [0.05, 0.1) is 5.69 Å². The van der Waals surface area contributed by atoms with Crippen LogP contribution in [0.3, 0.4) is 0 Å². The summed E-state index contributed by atoms with van der Waals surface area (Å²) < 4.78 is 5.64. The minimum Gasteiger partial charge on any atom is -0.444 e. The molecule has 2 aromatic rings. The summed E-state index contributed by atoms with van der Waals surface area (Å²) >= 11 is 0. The number of likely N-dealkylation sites (tertiary alicyclic amines) is 1. The molecule has 1 saturated heterocycles. The van der Waals surface area contributed by atoms with E-state index in [1.807, 2.05) is 0 Å². The van der Waals surface area contributed by atoms with Gasteiger partial charge in [0, 0.05) is 24.7 Å². The van der Waals surface area contributed by atoms with E-state index >= 15 is 0 Å². The highest BCUT2D eigenvalue weighted by molar-refractivity contribution is 5.53. The maximum atomic E-state index is 6.05. The lowest BCUT2D eigenvalue weighted by molar-refractivity contribution is 0.153. The zero-order valence-electron chi connectivity index (χ0n) is 13.5. The average Bonchev–Trinajstić information content (AvgIpc) is 2.96. The zero-order chi connectivity index (χ0) is 15.5. The van der Waals surface area contributed by atoms with Crippen LogP contribution < -0.4 is 5.73 Å². The molecule has 2 N–H and O–H groups in total. The molecule has 0 bridgehead atoms. The Bertz CT molecular complexity index is 603. The van der Waals surface area contributed by atoms with Crippen molar-refractivity contribution in [1.82, 2.24) is 9.88 Å². The molecule has 1 aliphatic rings. The van der Waals surface area contributed by atoms with E-state index in [1.165, 1.54) is 18.4 Å². The highest BCUT2D eigenvalue weighted by Crippen LogP contribution is 2.23. The number of benzene rings is 1. The average molecular weight is 299 g/mol. The fraction of sp³-hybridized carbons (Fsp3) is 0.500. The normalized spacial score (nSPS) is 21.0. The molecule has 0 saturated carbocycles. The Balaban J connectivity index is 1.65. The van der Waals surface area contributed by atoms with E-state index in [2.05, 4.69) is 48.0 Å². The number of aromatic nitrogens is 1. The SMILES string of the molecule is Cc1ccc(-c2nc(CN3CCCC(C(C)N)C3)co2)cc1. The van der Waals surface area contributed by atoms with Crippen LogP contribution in [0.5, 0.6) is 0 Å². The van der Waals surface area contributed by atoms with Crippen LogP contribution in [0.4, 0.5) is 0 Å². The van der Waals surface area contributed by atoms with Crippen LogP contribution in [0.1, 0.15) is 31.0 Å². The molecule has 0 amide bonds. The minimum atomic E-state index is 0.267. The Kier molecular flexibility index (Phi) is 4.60. The van der Waals surface area contributed by atoms with Gasteiger partial charge in [0.25, 0.3) is 0 Å². The fourth-order valence-corrected chi connectivity index (χ4v) is 3.10. The van der Waals surface area contributed by atoms with Gasteiger partial charge in [-0.15, -0.1) is 0 Å². The zero-order valence-corrected chi connectivity index (χ0v) is 13.5. The molecule has 22 heavy (non-hydrogen) atoms. The van der Waals surface area contributed by atoms with Gasteiger partial charge in [0.15, 0.2) is 0 Å². The van der Waals surface area contributed by atoms with Crippen LogP contribution >= 0.6 is 0 Å². The van der Waals surface area contributed by atoms with E-state index < -0.39 is 0 Å². The summed E-state index contributed by atoms with van der Waals surface area (Å²) in [5, 5.41) is 0. The second-order valence-corrected chi connectivity index (χ2v) is 6.51. The molecule has 1 fully saturated rings. The van der Waals surface area contributed by atoms with Crippen molar-refractivity contribution in [2.45, 2.75) is 39.3 Å². The monoisotopic (exact) mass is 299 g/mol. The first-order chi connectivity index (χ1) is 10.6. The van der Waals surface area contributed by atoms with Crippen molar-refractivity contribution >= 4 is 0 Å². The summed E-state index contributed by atoms with van der Waals surface area (Å²) in [5.74, 6) is 1.30. The molecule has 2 unspecified atom stereocenters. The number of aryl methyl sites for hydroxylation is 1. The smallest absolute Gasteiger partial charge is 0.226 e. The van der Waals surface area contributed by atoms with E-state index in [-0.39, 0.29) is 6.04 Å². The summed E-state index contributed by atoms with van der Waals surface area (Å²) in [6, 6.07) is 8.53. The molecule has 4 heteroatoms. The Morgan fingerprint density at radius 3 is 2.86 bits per heavy atom. The van der Waals surface area contributed by atoms with Gasteiger partial charge < -0.3 is 10.2 Å². The topological polar surface area (TPSA) is 55.3 Å². The predicted octanol–water partition coefficient (Wildman–Crippen LogP) is 3.21. The summed E-state index contributed by atoms with van der Waals surface area (Å²) in [5.41, 5.74) is 9.33. The molecule has 0 radical (unpaired) electrons. The Hall–Kier alpha value is -1.65. The van der Waals surface area contributed by atoms with E-state index in [9.17, 15) is 0 Å². The lowest BCUT2D eigenvalue weighted by atomic mass is 9.92. The Morgan fingerprint density at radius 1 is 1.36 bits per heavy atom. The number of rotatable bonds is 4. The maximum absolute atomic E-state index is 6.05. The first-order valence-electron chi connectivity index (χ1n) is 8.11. The number of hydrogen-bond donors (Lipinski definition) is 1. The van der Waals surface area contributed by atoms with Crippen molar-refractivity contribution in [2.75, 3.05) is 13.1 Å². The van der Waals surface area contributed by atoms with Gasteiger partial charge in [-0.1, -0.05) is 17.7 Å². The quantitative estimate of drug-likeness (QED) is 0.942. The predicted molar refractivity (Wildman–Crippen MR) is 88.3 cm³/mol. The van der Waals surface area contributed by atoms with Gasteiger partial charge in [-0.3, -0.25) is 4.90 Å². The summed E-state index contributed by atoms with van der Waals surface area (Å²) in [4.78, 5) is 7.07. The van der Waals surface area contributed by atoms with Crippen molar-refractivity contribution in [2.24, 2.45) is 11.7 Å². The standard InChI is InChI=1S/C18H25N3O/c1-13-5-7-15(8-6-13)18-20-17(12-22-18)11-21-9-3-4-16(10-21)14(2)19/h5-8,12,14,16H,3-4,9-11,19H2,1-2H3. The van der Waals surface area contributed by atoms with E-state index in [1.54, 1.807) is 6.26 Å². The molecule has 3 rings (SSSR count). The highest BCUT2D eigenvalue weighted by Gasteiger charge is 2.23. The molecule has 0 spiro atoms. The number of nitrogens with zero attached hydrogens (tertiary/aromatic N) is 2. The summed E-state index contributed by atoms with van der Waals surface area (Å²) in [6.07, 6.45) is 4.24. The van der Waals surface area contributed by atoms with E-state index in [0.29, 0.717) is 11.8 Å². The maximum Gasteiger partial charge on any atom is 0.226 e. The van der Waals surface area contributed by atoms with Gasteiger partial charge >= 0.3 is 0 Å². The molecule has 2 heterocycles. The van der Waals surface area contributed by atoms with Crippen LogP contribution in [-0.2, 0) is 6.54 Å². The molecule has 1 aromatic heterocycles. The molecule has 2 atom stereocenters.